The molecular weight excluding hydrogens is 171 g/mol. The Hall–Kier alpha value is 0.540. The zero-order valence-corrected chi connectivity index (χ0v) is 7.70. The SMILES string of the molecule is CCCCCC(O)C(Cl)Cl. The van der Waals surface area contributed by atoms with Crippen molar-refractivity contribution in [3.05, 3.63) is 0 Å². The lowest BCUT2D eigenvalue weighted by Crippen LogP contribution is -2.14. The zero-order valence-electron chi connectivity index (χ0n) is 6.19. The quantitative estimate of drug-likeness (QED) is 0.515. The summed E-state index contributed by atoms with van der Waals surface area (Å²) in [6.07, 6.45) is 3.47. The highest BCUT2D eigenvalue weighted by molar-refractivity contribution is 6.44. The predicted octanol–water partition coefficient (Wildman–Crippen LogP) is 2.73. The fourth-order valence-corrected chi connectivity index (χ4v) is 0.981. The van der Waals surface area contributed by atoms with E-state index < -0.39 is 10.9 Å². The predicted molar refractivity (Wildman–Crippen MR) is 45.6 cm³/mol. The molecule has 0 saturated heterocycles. The van der Waals surface area contributed by atoms with E-state index in [-0.39, 0.29) is 0 Å². The molecule has 0 aliphatic heterocycles. The highest BCUT2D eigenvalue weighted by Crippen LogP contribution is 2.13. The number of aliphatic hydroxyl groups excluding tert-OH is 1. The van der Waals surface area contributed by atoms with Crippen LogP contribution in [0.5, 0.6) is 0 Å². The second kappa shape index (κ2) is 6.26. The first-order chi connectivity index (χ1) is 4.68. The topological polar surface area (TPSA) is 20.2 Å². The van der Waals surface area contributed by atoms with Gasteiger partial charge in [0.2, 0.25) is 0 Å². The van der Waals surface area contributed by atoms with E-state index in [0.29, 0.717) is 6.42 Å². The molecule has 10 heavy (non-hydrogen) atoms. The van der Waals surface area contributed by atoms with E-state index in [0.717, 1.165) is 19.3 Å². The number of hydrogen-bond acceptors (Lipinski definition) is 1. The van der Waals surface area contributed by atoms with Crippen molar-refractivity contribution in [3.8, 4) is 0 Å². The van der Waals surface area contributed by atoms with Crippen LogP contribution in [-0.2, 0) is 0 Å². The van der Waals surface area contributed by atoms with Crippen LogP contribution in [0.15, 0.2) is 0 Å². The molecule has 0 aromatic heterocycles. The van der Waals surface area contributed by atoms with Gasteiger partial charge in [-0.3, -0.25) is 0 Å². The first-order valence-corrected chi connectivity index (χ1v) is 4.52. The van der Waals surface area contributed by atoms with Gasteiger partial charge in [-0.1, -0.05) is 26.2 Å². The summed E-state index contributed by atoms with van der Waals surface area (Å²) in [5, 5.41) is 9.09. The van der Waals surface area contributed by atoms with Crippen LogP contribution in [0.25, 0.3) is 0 Å². The second-order valence-electron chi connectivity index (χ2n) is 2.40. The van der Waals surface area contributed by atoms with Crippen molar-refractivity contribution in [2.24, 2.45) is 0 Å². The van der Waals surface area contributed by atoms with Crippen molar-refractivity contribution in [2.45, 2.75) is 43.5 Å². The van der Waals surface area contributed by atoms with Gasteiger partial charge in [0.1, 0.15) is 4.84 Å². The maximum atomic E-state index is 9.09. The van der Waals surface area contributed by atoms with Crippen molar-refractivity contribution in [1.82, 2.24) is 0 Å². The van der Waals surface area contributed by atoms with Gasteiger partial charge in [-0.25, -0.2) is 0 Å². The summed E-state index contributed by atoms with van der Waals surface area (Å²) in [6.45, 7) is 2.12. The normalized spacial score (nSPS) is 14.1. The van der Waals surface area contributed by atoms with E-state index >= 15 is 0 Å². The van der Waals surface area contributed by atoms with Crippen LogP contribution in [-0.4, -0.2) is 16.0 Å². The summed E-state index contributed by atoms with van der Waals surface area (Å²) in [7, 11) is 0. The Balaban J connectivity index is 3.13. The van der Waals surface area contributed by atoms with Crippen molar-refractivity contribution < 1.29 is 5.11 Å². The highest BCUT2D eigenvalue weighted by Gasteiger charge is 2.11. The van der Waals surface area contributed by atoms with Gasteiger partial charge < -0.3 is 5.11 Å². The molecule has 0 spiro atoms. The van der Waals surface area contributed by atoms with Crippen LogP contribution < -0.4 is 0 Å². The minimum atomic E-state index is -0.628. The molecule has 0 aliphatic carbocycles. The van der Waals surface area contributed by atoms with E-state index in [4.69, 9.17) is 28.3 Å². The van der Waals surface area contributed by atoms with E-state index in [1.165, 1.54) is 0 Å². The largest absolute Gasteiger partial charge is 0.390 e. The molecule has 3 heteroatoms. The fourth-order valence-electron chi connectivity index (χ4n) is 0.729. The van der Waals surface area contributed by atoms with Gasteiger partial charge >= 0.3 is 0 Å². The van der Waals surface area contributed by atoms with Crippen LogP contribution in [0.2, 0.25) is 0 Å². The van der Waals surface area contributed by atoms with E-state index in [2.05, 4.69) is 6.92 Å². The van der Waals surface area contributed by atoms with Gasteiger partial charge in [-0.15, -0.1) is 23.2 Å². The van der Waals surface area contributed by atoms with E-state index in [1.54, 1.807) is 0 Å². The number of alkyl halides is 2. The molecule has 0 bridgehead atoms. The Kier molecular flexibility index (Phi) is 6.60. The van der Waals surface area contributed by atoms with Gasteiger partial charge in [0, 0.05) is 0 Å². The van der Waals surface area contributed by atoms with Crippen LogP contribution in [0.3, 0.4) is 0 Å². The minimum absolute atomic E-state index is 0.546. The third-order valence-corrected chi connectivity index (χ3v) is 1.98. The molecule has 0 aliphatic rings. The lowest BCUT2D eigenvalue weighted by Gasteiger charge is -2.09. The standard InChI is InChI=1S/C7H14Cl2O/c1-2-3-4-5-6(10)7(8)9/h6-7,10H,2-5H2,1H3. The number of halogens is 2. The maximum absolute atomic E-state index is 9.09. The monoisotopic (exact) mass is 184 g/mol. The molecular formula is C7H14Cl2O. The van der Waals surface area contributed by atoms with E-state index in [9.17, 15) is 0 Å². The highest BCUT2D eigenvalue weighted by atomic mass is 35.5. The zero-order chi connectivity index (χ0) is 7.98. The van der Waals surface area contributed by atoms with Gasteiger partial charge in [0.25, 0.3) is 0 Å². The molecule has 1 atom stereocenters. The first kappa shape index (κ1) is 10.5. The molecule has 0 saturated carbocycles. The summed E-state index contributed by atoms with van der Waals surface area (Å²) in [5.41, 5.74) is 0. The summed E-state index contributed by atoms with van der Waals surface area (Å²) >= 11 is 10.8. The number of unbranched alkanes of at least 4 members (excludes halogenated alkanes) is 2. The third-order valence-electron chi connectivity index (χ3n) is 1.39. The molecule has 62 valence electrons. The first-order valence-electron chi connectivity index (χ1n) is 3.64. The fraction of sp³-hybridized carbons (Fsp3) is 1.00. The van der Waals surface area contributed by atoms with Crippen LogP contribution >= 0.6 is 23.2 Å². The smallest absolute Gasteiger partial charge is 0.133 e. The molecule has 0 aromatic rings. The number of aliphatic hydroxyl groups is 1. The molecule has 1 unspecified atom stereocenters. The molecule has 0 amide bonds. The molecule has 0 radical (unpaired) electrons. The number of hydrogen-bond donors (Lipinski definition) is 1. The molecule has 0 heterocycles. The summed E-state index contributed by atoms with van der Waals surface area (Å²) in [6, 6.07) is 0. The average Bonchev–Trinajstić information content (AvgIpc) is 1.88. The Labute approximate surface area is 72.3 Å². The third kappa shape index (κ3) is 5.33. The summed E-state index contributed by atoms with van der Waals surface area (Å²) < 4.78 is 0. The molecule has 0 rings (SSSR count). The molecule has 0 fully saturated rings. The van der Waals surface area contributed by atoms with Crippen molar-refractivity contribution >= 4 is 23.2 Å². The van der Waals surface area contributed by atoms with Crippen LogP contribution in [0.1, 0.15) is 32.6 Å². The summed E-state index contributed by atoms with van der Waals surface area (Å²) in [4.78, 5) is -0.628. The average molecular weight is 185 g/mol. The number of rotatable bonds is 5. The Bertz CT molecular complexity index is 76.0. The Morgan fingerprint density at radius 3 is 2.30 bits per heavy atom. The molecule has 1 nitrogen and oxygen atoms in total. The van der Waals surface area contributed by atoms with Crippen molar-refractivity contribution in [2.75, 3.05) is 0 Å². The molecule has 0 aromatic carbocycles. The van der Waals surface area contributed by atoms with E-state index in [1.807, 2.05) is 0 Å². The van der Waals surface area contributed by atoms with Crippen molar-refractivity contribution in [1.29, 1.82) is 0 Å². The minimum Gasteiger partial charge on any atom is -0.390 e. The molecule has 1 N–H and O–H groups in total. The lowest BCUT2D eigenvalue weighted by atomic mass is 10.1. The summed E-state index contributed by atoms with van der Waals surface area (Å²) in [5.74, 6) is 0. The second-order valence-corrected chi connectivity index (χ2v) is 3.56. The Morgan fingerprint density at radius 1 is 1.30 bits per heavy atom. The Morgan fingerprint density at radius 2 is 1.90 bits per heavy atom. The van der Waals surface area contributed by atoms with Gasteiger partial charge in [-0.2, -0.15) is 0 Å². The van der Waals surface area contributed by atoms with Gasteiger partial charge in [0.05, 0.1) is 6.10 Å². The van der Waals surface area contributed by atoms with Crippen molar-refractivity contribution in [3.63, 3.8) is 0 Å². The van der Waals surface area contributed by atoms with Gasteiger partial charge in [-0.05, 0) is 6.42 Å². The lowest BCUT2D eigenvalue weighted by molar-refractivity contribution is 0.174. The maximum Gasteiger partial charge on any atom is 0.133 e. The van der Waals surface area contributed by atoms with Crippen LogP contribution in [0.4, 0.5) is 0 Å². The van der Waals surface area contributed by atoms with Gasteiger partial charge in [0.15, 0.2) is 0 Å². The van der Waals surface area contributed by atoms with Crippen LogP contribution in [0, 0.1) is 0 Å².